The first-order valence-electron chi connectivity index (χ1n) is 12.5. The summed E-state index contributed by atoms with van der Waals surface area (Å²) < 4.78 is 0. The Morgan fingerprint density at radius 2 is 1.07 bits per heavy atom. The maximum Gasteiger partial charge on any atom is 0.0360 e. The van der Waals surface area contributed by atoms with Gasteiger partial charge in [-0.1, -0.05) is 96.0 Å². The molecule has 2 heteroatoms. The zero-order valence-corrected chi connectivity index (χ0v) is 18.2. The normalized spacial score (nSPS) is 18.9. The van der Waals surface area contributed by atoms with Gasteiger partial charge in [0.1, 0.15) is 0 Å². The van der Waals surface area contributed by atoms with Crippen molar-refractivity contribution in [2.45, 2.75) is 103 Å². The van der Waals surface area contributed by atoms with Crippen molar-refractivity contribution in [1.29, 1.82) is 0 Å². The third kappa shape index (κ3) is 8.45. The predicted octanol–water partition coefficient (Wildman–Crippen LogP) is 8.01. The third-order valence-electron chi connectivity index (χ3n) is 7.05. The van der Waals surface area contributed by atoms with Crippen molar-refractivity contribution in [1.82, 2.24) is 0 Å². The van der Waals surface area contributed by atoms with Crippen molar-refractivity contribution in [3.8, 4) is 0 Å². The highest BCUT2D eigenvalue weighted by molar-refractivity contribution is 5.56. The molecule has 158 valence electrons. The molecule has 0 aliphatic heterocycles. The van der Waals surface area contributed by atoms with Gasteiger partial charge in [0.15, 0.2) is 0 Å². The molecule has 3 rings (SSSR count). The fourth-order valence-electron chi connectivity index (χ4n) is 5.27. The minimum absolute atomic E-state index is 1.03. The Hall–Kier alpha value is -1.18. The van der Waals surface area contributed by atoms with Crippen LogP contribution in [-0.4, -0.2) is 13.1 Å². The van der Waals surface area contributed by atoms with E-state index < -0.39 is 0 Å². The number of hydrogen-bond donors (Lipinski definition) is 2. The van der Waals surface area contributed by atoms with E-state index in [0.29, 0.717) is 0 Å². The number of anilines is 2. The fourth-order valence-corrected chi connectivity index (χ4v) is 5.27. The molecule has 1 aromatic carbocycles. The number of rotatable bonds is 12. The molecule has 2 aliphatic rings. The Kier molecular flexibility index (Phi) is 10.1. The van der Waals surface area contributed by atoms with Crippen molar-refractivity contribution in [3.63, 3.8) is 0 Å². The van der Waals surface area contributed by atoms with Crippen molar-refractivity contribution < 1.29 is 0 Å². The molecular weight excluding hydrogens is 340 g/mol. The average Bonchev–Trinajstić information content (AvgIpc) is 2.75. The molecular formula is C26H44N2. The van der Waals surface area contributed by atoms with Gasteiger partial charge in [0.2, 0.25) is 0 Å². The summed E-state index contributed by atoms with van der Waals surface area (Å²) in [6.45, 7) is 2.22. The van der Waals surface area contributed by atoms with Gasteiger partial charge in [-0.3, -0.25) is 0 Å². The fraction of sp³-hybridized carbons (Fsp3) is 0.769. The SMILES string of the molecule is c1cc(NCCCCC2CCCCC2)cc(NCCCCC2CCCCC2)c1. The molecule has 0 spiro atoms. The van der Waals surface area contributed by atoms with Crippen molar-refractivity contribution in [2.24, 2.45) is 11.8 Å². The van der Waals surface area contributed by atoms with Crippen LogP contribution in [0.2, 0.25) is 0 Å². The van der Waals surface area contributed by atoms with Gasteiger partial charge in [0, 0.05) is 24.5 Å². The zero-order valence-electron chi connectivity index (χ0n) is 18.2. The Morgan fingerprint density at radius 1 is 0.607 bits per heavy atom. The van der Waals surface area contributed by atoms with Crippen LogP contribution in [0.25, 0.3) is 0 Å². The number of nitrogens with one attached hydrogen (secondary N) is 2. The van der Waals surface area contributed by atoms with E-state index in [2.05, 4.69) is 34.9 Å². The Labute approximate surface area is 174 Å². The van der Waals surface area contributed by atoms with Crippen LogP contribution in [0.5, 0.6) is 0 Å². The summed E-state index contributed by atoms with van der Waals surface area (Å²) in [7, 11) is 0. The van der Waals surface area contributed by atoms with Gasteiger partial charge in [-0.05, 0) is 42.9 Å². The van der Waals surface area contributed by atoms with E-state index in [1.165, 1.54) is 114 Å². The summed E-state index contributed by atoms with van der Waals surface area (Å²) in [5.41, 5.74) is 2.54. The lowest BCUT2D eigenvalue weighted by Gasteiger charge is -2.21. The van der Waals surface area contributed by atoms with Gasteiger partial charge in [0.25, 0.3) is 0 Å². The molecule has 2 aliphatic carbocycles. The first-order valence-corrected chi connectivity index (χ1v) is 12.5. The van der Waals surface area contributed by atoms with Gasteiger partial charge in [-0.25, -0.2) is 0 Å². The molecule has 2 nitrogen and oxygen atoms in total. The Bertz CT molecular complexity index is 472. The highest BCUT2D eigenvalue weighted by Gasteiger charge is 2.13. The lowest BCUT2D eigenvalue weighted by atomic mass is 9.86. The largest absolute Gasteiger partial charge is 0.385 e. The molecule has 0 bridgehead atoms. The molecule has 0 aromatic heterocycles. The zero-order chi connectivity index (χ0) is 19.3. The topological polar surface area (TPSA) is 24.1 Å². The molecule has 0 radical (unpaired) electrons. The molecule has 28 heavy (non-hydrogen) atoms. The standard InChI is InChI=1S/C26H44N2/c1-3-12-23(13-4-1)16-7-9-20-27-25-18-11-19-26(22-25)28-21-10-8-17-24-14-5-2-6-15-24/h11,18-19,22-24,27-28H,1-10,12-17,20-21H2. The maximum atomic E-state index is 3.63. The van der Waals surface area contributed by atoms with Crippen molar-refractivity contribution >= 4 is 11.4 Å². The monoisotopic (exact) mass is 384 g/mol. The first-order chi connectivity index (χ1) is 13.9. The van der Waals surface area contributed by atoms with Gasteiger partial charge < -0.3 is 10.6 Å². The highest BCUT2D eigenvalue weighted by atomic mass is 14.9. The number of unbranched alkanes of at least 4 members (excludes halogenated alkanes) is 2. The molecule has 0 unspecified atom stereocenters. The van der Waals surface area contributed by atoms with E-state index in [9.17, 15) is 0 Å². The lowest BCUT2D eigenvalue weighted by molar-refractivity contribution is 0.331. The van der Waals surface area contributed by atoms with Crippen molar-refractivity contribution in [3.05, 3.63) is 24.3 Å². The summed E-state index contributed by atoms with van der Waals surface area (Å²) in [5, 5.41) is 7.25. The van der Waals surface area contributed by atoms with E-state index in [4.69, 9.17) is 0 Å². The third-order valence-corrected chi connectivity index (χ3v) is 7.05. The van der Waals surface area contributed by atoms with E-state index in [1.54, 1.807) is 0 Å². The van der Waals surface area contributed by atoms with Crippen LogP contribution in [0, 0.1) is 11.8 Å². The number of benzene rings is 1. The smallest absolute Gasteiger partial charge is 0.0360 e. The van der Waals surface area contributed by atoms with Crippen LogP contribution in [0.1, 0.15) is 103 Å². The summed E-state index contributed by atoms with van der Waals surface area (Å²) in [5.74, 6) is 2.05. The molecule has 0 atom stereocenters. The van der Waals surface area contributed by atoms with Crippen LogP contribution < -0.4 is 10.6 Å². The molecule has 1 aromatic rings. The second-order valence-corrected chi connectivity index (χ2v) is 9.43. The lowest BCUT2D eigenvalue weighted by Crippen LogP contribution is -2.08. The van der Waals surface area contributed by atoms with E-state index in [0.717, 1.165) is 24.9 Å². The molecule has 0 heterocycles. The van der Waals surface area contributed by atoms with E-state index >= 15 is 0 Å². The minimum atomic E-state index is 1.03. The summed E-state index contributed by atoms with van der Waals surface area (Å²) in [4.78, 5) is 0. The predicted molar refractivity (Wildman–Crippen MR) is 124 cm³/mol. The van der Waals surface area contributed by atoms with Gasteiger partial charge in [-0.15, -0.1) is 0 Å². The maximum absolute atomic E-state index is 3.63. The van der Waals surface area contributed by atoms with E-state index in [1.807, 2.05) is 0 Å². The molecule has 2 saturated carbocycles. The average molecular weight is 385 g/mol. The first kappa shape index (κ1) is 21.5. The van der Waals surface area contributed by atoms with Crippen LogP contribution in [0.15, 0.2) is 24.3 Å². The Balaban J connectivity index is 1.23. The van der Waals surface area contributed by atoms with E-state index in [-0.39, 0.29) is 0 Å². The summed E-state index contributed by atoms with van der Waals surface area (Å²) >= 11 is 0. The second-order valence-electron chi connectivity index (χ2n) is 9.43. The second kappa shape index (κ2) is 13.1. The van der Waals surface area contributed by atoms with Crippen LogP contribution in [0.3, 0.4) is 0 Å². The molecule has 0 saturated heterocycles. The van der Waals surface area contributed by atoms with Gasteiger partial charge in [-0.2, -0.15) is 0 Å². The quantitative estimate of drug-likeness (QED) is 0.357. The summed E-state index contributed by atoms with van der Waals surface area (Å²) in [6.07, 6.45) is 23.1. The van der Waals surface area contributed by atoms with Gasteiger partial charge in [0.05, 0.1) is 0 Å². The molecule has 0 amide bonds. The molecule has 2 N–H and O–H groups in total. The minimum Gasteiger partial charge on any atom is -0.385 e. The summed E-state index contributed by atoms with van der Waals surface area (Å²) in [6, 6.07) is 8.86. The number of hydrogen-bond acceptors (Lipinski definition) is 2. The highest BCUT2D eigenvalue weighted by Crippen LogP contribution is 2.28. The van der Waals surface area contributed by atoms with Gasteiger partial charge >= 0.3 is 0 Å². The van der Waals surface area contributed by atoms with Crippen molar-refractivity contribution in [2.75, 3.05) is 23.7 Å². The molecule has 2 fully saturated rings. The van der Waals surface area contributed by atoms with Crippen LogP contribution in [0.4, 0.5) is 11.4 Å². The van der Waals surface area contributed by atoms with Crippen LogP contribution >= 0.6 is 0 Å². The Morgan fingerprint density at radius 3 is 1.54 bits per heavy atom. The van der Waals surface area contributed by atoms with Crippen LogP contribution in [-0.2, 0) is 0 Å².